The molecule has 0 unspecified atom stereocenters. The van der Waals surface area contributed by atoms with E-state index in [1.165, 1.54) is 0 Å². The van der Waals surface area contributed by atoms with Crippen LogP contribution in [0.5, 0.6) is 0 Å². The molecule has 17 heavy (non-hydrogen) atoms. The number of anilines is 1. The van der Waals surface area contributed by atoms with Crippen molar-refractivity contribution < 1.29 is 4.79 Å². The molecule has 3 heteroatoms. The second-order valence-electron chi connectivity index (χ2n) is 4.65. The molecule has 1 aromatic rings. The Labute approximate surface area is 112 Å². The van der Waals surface area contributed by atoms with Crippen molar-refractivity contribution in [3.05, 3.63) is 28.2 Å². The first-order chi connectivity index (χ1) is 7.95. The Hall–Kier alpha value is -0.830. The quantitative estimate of drug-likeness (QED) is 0.762. The summed E-state index contributed by atoms with van der Waals surface area (Å²) in [6.45, 7) is 9.99. The summed E-state index contributed by atoms with van der Waals surface area (Å²) in [5, 5.41) is 0. The van der Waals surface area contributed by atoms with Gasteiger partial charge in [0.2, 0.25) is 0 Å². The molecule has 0 aromatic heterocycles. The minimum atomic E-state index is 0.120. The third kappa shape index (κ3) is 3.84. The van der Waals surface area contributed by atoms with Crippen LogP contribution in [0.2, 0.25) is 0 Å². The van der Waals surface area contributed by atoms with Gasteiger partial charge in [-0.05, 0) is 38.0 Å². The van der Waals surface area contributed by atoms with E-state index in [4.69, 9.17) is 0 Å². The second-order valence-corrected chi connectivity index (χ2v) is 5.57. The van der Waals surface area contributed by atoms with Crippen LogP contribution in [0.4, 0.5) is 5.69 Å². The molecule has 0 bridgehead atoms. The molecule has 2 nitrogen and oxygen atoms in total. The SMILES string of the molecule is CCN(CC(C)C)c1cc(Br)ccc1C(C)=O. The fourth-order valence-electron chi connectivity index (χ4n) is 1.90. The van der Waals surface area contributed by atoms with E-state index in [-0.39, 0.29) is 5.78 Å². The minimum Gasteiger partial charge on any atom is -0.371 e. The first-order valence-corrected chi connectivity index (χ1v) is 6.80. The van der Waals surface area contributed by atoms with Gasteiger partial charge in [-0.25, -0.2) is 0 Å². The van der Waals surface area contributed by atoms with Crippen molar-refractivity contribution in [2.24, 2.45) is 5.92 Å². The summed E-state index contributed by atoms with van der Waals surface area (Å²) >= 11 is 3.47. The number of carbonyl (C=O) groups excluding carboxylic acids is 1. The van der Waals surface area contributed by atoms with E-state index in [2.05, 4.69) is 41.6 Å². The second kappa shape index (κ2) is 6.20. The zero-order valence-corrected chi connectivity index (χ0v) is 12.5. The molecule has 0 saturated heterocycles. The van der Waals surface area contributed by atoms with Gasteiger partial charge in [-0.15, -0.1) is 0 Å². The predicted molar refractivity (Wildman–Crippen MR) is 76.9 cm³/mol. The summed E-state index contributed by atoms with van der Waals surface area (Å²) < 4.78 is 1.01. The van der Waals surface area contributed by atoms with E-state index in [9.17, 15) is 4.79 Å². The number of hydrogen-bond acceptors (Lipinski definition) is 2. The van der Waals surface area contributed by atoms with E-state index < -0.39 is 0 Å². The molecule has 0 heterocycles. The van der Waals surface area contributed by atoms with Crippen LogP contribution in [-0.4, -0.2) is 18.9 Å². The Bertz CT molecular complexity index is 401. The number of rotatable bonds is 5. The van der Waals surface area contributed by atoms with Gasteiger partial charge in [-0.2, -0.15) is 0 Å². The van der Waals surface area contributed by atoms with Crippen LogP contribution >= 0.6 is 15.9 Å². The third-order valence-corrected chi connectivity index (χ3v) is 3.14. The molecule has 0 aliphatic heterocycles. The van der Waals surface area contributed by atoms with E-state index >= 15 is 0 Å². The Morgan fingerprint density at radius 1 is 1.41 bits per heavy atom. The number of ketones is 1. The number of halogens is 1. The molecule has 0 spiro atoms. The summed E-state index contributed by atoms with van der Waals surface area (Å²) in [7, 11) is 0. The Morgan fingerprint density at radius 2 is 2.06 bits per heavy atom. The highest BCUT2D eigenvalue weighted by atomic mass is 79.9. The van der Waals surface area contributed by atoms with Crippen LogP contribution < -0.4 is 4.90 Å². The van der Waals surface area contributed by atoms with E-state index in [1.54, 1.807) is 6.92 Å². The largest absolute Gasteiger partial charge is 0.371 e. The van der Waals surface area contributed by atoms with Crippen LogP contribution in [0, 0.1) is 5.92 Å². The number of nitrogens with zero attached hydrogens (tertiary/aromatic N) is 1. The van der Waals surface area contributed by atoms with Gasteiger partial charge in [0.05, 0.1) is 0 Å². The predicted octanol–water partition coefficient (Wildman–Crippen LogP) is 4.13. The maximum absolute atomic E-state index is 11.6. The number of hydrogen-bond donors (Lipinski definition) is 0. The minimum absolute atomic E-state index is 0.120. The molecule has 0 amide bonds. The van der Waals surface area contributed by atoms with Gasteiger partial charge in [0, 0.05) is 28.8 Å². The van der Waals surface area contributed by atoms with Crippen molar-refractivity contribution in [3.8, 4) is 0 Å². The molecular formula is C14H20BrNO. The monoisotopic (exact) mass is 297 g/mol. The maximum Gasteiger partial charge on any atom is 0.161 e. The third-order valence-electron chi connectivity index (χ3n) is 2.65. The van der Waals surface area contributed by atoms with E-state index in [1.807, 2.05) is 18.2 Å². The molecule has 1 aromatic carbocycles. The first-order valence-electron chi connectivity index (χ1n) is 6.01. The molecule has 1 rings (SSSR count). The van der Waals surface area contributed by atoms with E-state index in [0.717, 1.165) is 28.8 Å². The highest BCUT2D eigenvalue weighted by molar-refractivity contribution is 9.10. The van der Waals surface area contributed by atoms with E-state index in [0.29, 0.717) is 5.92 Å². The molecule has 0 fully saturated rings. The standard InChI is InChI=1S/C14H20BrNO/c1-5-16(9-10(2)3)14-8-12(15)6-7-13(14)11(4)17/h6-8,10H,5,9H2,1-4H3. The van der Waals surface area contributed by atoms with Crippen molar-refractivity contribution in [3.63, 3.8) is 0 Å². The average molecular weight is 298 g/mol. The highest BCUT2D eigenvalue weighted by Gasteiger charge is 2.14. The molecule has 0 aliphatic rings. The maximum atomic E-state index is 11.6. The molecule has 0 atom stereocenters. The number of carbonyl (C=O) groups is 1. The Morgan fingerprint density at radius 3 is 2.53 bits per heavy atom. The molecule has 0 N–H and O–H groups in total. The summed E-state index contributed by atoms with van der Waals surface area (Å²) in [6, 6.07) is 5.84. The van der Waals surface area contributed by atoms with Crippen molar-refractivity contribution in [1.29, 1.82) is 0 Å². The summed E-state index contributed by atoms with van der Waals surface area (Å²) in [5.41, 5.74) is 1.83. The molecule has 94 valence electrons. The van der Waals surface area contributed by atoms with Crippen molar-refractivity contribution in [2.75, 3.05) is 18.0 Å². The fourth-order valence-corrected chi connectivity index (χ4v) is 2.25. The van der Waals surface area contributed by atoms with Crippen molar-refractivity contribution >= 4 is 27.4 Å². The van der Waals surface area contributed by atoms with Crippen LogP contribution in [0.15, 0.2) is 22.7 Å². The lowest BCUT2D eigenvalue weighted by atomic mass is 10.1. The lowest BCUT2D eigenvalue weighted by Gasteiger charge is -2.27. The van der Waals surface area contributed by atoms with Gasteiger partial charge in [0.15, 0.2) is 5.78 Å². The zero-order chi connectivity index (χ0) is 13.0. The molecule has 0 aliphatic carbocycles. The lowest BCUT2D eigenvalue weighted by Crippen LogP contribution is -2.28. The lowest BCUT2D eigenvalue weighted by molar-refractivity contribution is 0.101. The molecule has 0 saturated carbocycles. The van der Waals surface area contributed by atoms with Crippen LogP contribution in [0.25, 0.3) is 0 Å². The summed E-state index contributed by atoms with van der Waals surface area (Å²) in [5.74, 6) is 0.698. The van der Waals surface area contributed by atoms with Crippen molar-refractivity contribution in [1.82, 2.24) is 0 Å². The fraction of sp³-hybridized carbons (Fsp3) is 0.500. The Balaban J connectivity index is 3.15. The first kappa shape index (κ1) is 14.2. The number of Topliss-reactive ketones (excluding diaryl/α,β-unsaturated/α-hetero) is 1. The van der Waals surface area contributed by atoms with Crippen molar-refractivity contribution in [2.45, 2.75) is 27.7 Å². The van der Waals surface area contributed by atoms with Gasteiger partial charge < -0.3 is 4.90 Å². The summed E-state index contributed by atoms with van der Waals surface area (Å²) in [4.78, 5) is 13.9. The van der Waals surface area contributed by atoms with Gasteiger partial charge in [0.25, 0.3) is 0 Å². The van der Waals surface area contributed by atoms with Gasteiger partial charge in [0.1, 0.15) is 0 Å². The topological polar surface area (TPSA) is 20.3 Å². The van der Waals surface area contributed by atoms with Gasteiger partial charge in [-0.3, -0.25) is 4.79 Å². The van der Waals surface area contributed by atoms with Crippen LogP contribution in [0.3, 0.4) is 0 Å². The van der Waals surface area contributed by atoms with Crippen LogP contribution in [-0.2, 0) is 0 Å². The van der Waals surface area contributed by atoms with Crippen LogP contribution in [0.1, 0.15) is 38.1 Å². The summed E-state index contributed by atoms with van der Waals surface area (Å²) in [6.07, 6.45) is 0. The number of benzene rings is 1. The average Bonchev–Trinajstić information content (AvgIpc) is 2.25. The van der Waals surface area contributed by atoms with Gasteiger partial charge in [-0.1, -0.05) is 29.8 Å². The molecular weight excluding hydrogens is 278 g/mol. The zero-order valence-electron chi connectivity index (χ0n) is 11.0. The molecule has 0 radical (unpaired) electrons. The van der Waals surface area contributed by atoms with Gasteiger partial charge >= 0.3 is 0 Å². The highest BCUT2D eigenvalue weighted by Crippen LogP contribution is 2.26. The smallest absolute Gasteiger partial charge is 0.161 e. The normalized spacial score (nSPS) is 10.7. The Kier molecular flexibility index (Phi) is 5.19.